The van der Waals surface area contributed by atoms with Crippen LogP contribution in [0.1, 0.15) is 53.8 Å². The van der Waals surface area contributed by atoms with E-state index in [2.05, 4.69) is 29.5 Å². The predicted molar refractivity (Wildman–Crippen MR) is 141 cm³/mol. The highest BCUT2D eigenvalue weighted by molar-refractivity contribution is 7.89. The third kappa shape index (κ3) is 5.94. The Morgan fingerprint density at radius 2 is 1.75 bits per heavy atom. The van der Waals surface area contributed by atoms with Crippen LogP contribution >= 0.6 is 0 Å². The summed E-state index contributed by atoms with van der Waals surface area (Å²) in [6.07, 6.45) is 4.41. The summed E-state index contributed by atoms with van der Waals surface area (Å²) in [6, 6.07) is 18.0. The third-order valence-electron chi connectivity index (χ3n) is 6.71. The zero-order valence-corrected chi connectivity index (χ0v) is 21.8. The van der Waals surface area contributed by atoms with Crippen molar-refractivity contribution >= 4 is 28.1 Å². The van der Waals surface area contributed by atoms with Gasteiger partial charge in [0.1, 0.15) is 5.69 Å². The lowest BCUT2D eigenvalue weighted by Crippen LogP contribution is -2.43. The molecule has 0 bridgehead atoms. The van der Waals surface area contributed by atoms with E-state index in [1.54, 1.807) is 13.0 Å². The summed E-state index contributed by atoms with van der Waals surface area (Å²) in [7, 11) is -3.81. The Kier molecular flexibility index (Phi) is 8.06. The van der Waals surface area contributed by atoms with Crippen molar-refractivity contribution in [3.05, 3.63) is 82.7 Å². The van der Waals surface area contributed by atoms with E-state index in [-0.39, 0.29) is 41.5 Å². The van der Waals surface area contributed by atoms with Gasteiger partial charge in [-0.15, -0.1) is 0 Å². The number of carbonyl (C=O) groups is 1. The van der Waals surface area contributed by atoms with E-state index in [9.17, 15) is 13.2 Å². The first-order valence-electron chi connectivity index (χ1n) is 12.3. The normalized spacial score (nSPS) is 16.3. The molecule has 36 heavy (non-hydrogen) atoms. The van der Waals surface area contributed by atoms with Crippen molar-refractivity contribution in [1.82, 2.24) is 14.8 Å². The van der Waals surface area contributed by atoms with E-state index in [1.807, 2.05) is 55.5 Å². The second-order valence-corrected chi connectivity index (χ2v) is 11.3. The van der Waals surface area contributed by atoms with Gasteiger partial charge in [0.2, 0.25) is 15.9 Å². The van der Waals surface area contributed by atoms with Gasteiger partial charge in [-0.1, -0.05) is 78.3 Å². The fourth-order valence-electron chi connectivity index (χ4n) is 4.43. The first kappa shape index (κ1) is 25.9. The van der Waals surface area contributed by atoms with Gasteiger partial charge in [0, 0.05) is 25.6 Å². The van der Waals surface area contributed by atoms with E-state index < -0.39 is 10.0 Å². The van der Waals surface area contributed by atoms with E-state index in [1.165, 1.54) is 9.87 Å². The Labute approximate surface area is 213 Å². The van der Waals surface area contributed by atoms with Crippen LogP contribution in [0, 0.1) is 19.8 Å². The molecule has 1 aromatic heterocycles. The van der Waals surface area contributed by atoms with Crippen molar-refractivity contribution < 1.29 is 17.7 Å². The number of carbonyl (C=O) groups excluding carboxylic acids is 1. The number of hydrogen-bond donors (Lipinski definition) is 1. The third-order valence-corrected chi connectivity index (χ3v) is 8.77. The molecule has 1 aliphatic rings. The van der Waals surface area contributed by atoms with Crippen LogP contribution in [-0.4, -0.2) is 43.4 Å². The maximum atomic E-state index is 13.5. The molecule has 3 aromatic rings. The van der Waals surface area contributed by atoms with Gasteiger partial charge in [-0.05, 0) is 49.8 Å². The minimum atomic E-state index is -3.81. The van der Waals surface area contributed by atoms with Crippen molar-refractivity contribution in [2.45, 2.75) is 44.4 Å². The molecule has 1 fully saturated rings. The maximum absolute atomic E-state index is 13.5. The van der Waals surface area contributed by atoms with E-state index in [0.717, 1.165) is 11.1 Å². The van der Waals surface area contributed by atoms with Crippen LogP contribution in [0.4, 0.5) is 0 Å². The van der Waals surface area contributed by atoms with E-state index >= 15 is 0 Å². The van der Waals surface area contributed by atoms with Gasteiger partial charge in [-0.3, -0.25) is 4.79 Å². The minimum Gasteiger partial charge on any atom is -0.355 e. The monoisotopic (exact) mass is 507 g/mol. The molecule has 190 valence electrons. The van der Waals surface area contributed by atoms with Crippen LogP contribution in [0.2, 0.25) is 0 Å². The Morgan fingerprint density at radius 3 is 2.42 bits per heavy atom. The molecule has 8 heteroatoms. The zero-order valence-electron chi connectivity index (χ0n) is 21.0. The molecule has 2 heterocycles. The van der Waals surface area contributed by atoms with Crippen LogP contribution in [-0.2, 0) is 14.8 Å². The number of piperidine rings is 1. The highest BCUT2D eigenvalue weighted by atomic mass is 32.2. The molecule has 0 saturated carbocycles. The second-order valence-electron chi connectivity index (χ2n) is 9.44. The fourth-order valence-corrected chi connectivity index (χ4v) is 6.15. The summed E-state index contributed by atoms with van der Waals surface area (Å²) < 4.78 is 33.8. The number of aryl methyl sites for hydroxylation is 2. The molecule has 0 aliphatic carbocycles. The molecular weight excluding hydrogens is 474 g/mol. The molecule has 1 aliphatic heterocycles. The Hall–Kier alpha value is -3.23. The minimum absolute atomic E-state index is 0.0160. The SMILES string of the molecule is Cc1ccc(C=Cc2onc(C)c2S(=O)(=O)N2CCC(C(=O)NCC(C)c3ccccc3)CC2)cc1. The Bertz CT molecular complexity index is 1310. The lowest BCUT2D eigenvalue weighted by atomic mass is 9.96. The fraction of sp³-hybridized carbons (Fsp3) is 0.357. The van der Waals surface area contributed by atoms with Crippen molar-refractivity contribution in [1.29, 1.82) is 0 Å². The average Bonchev–Trinajstić information content (AvgIpc) is 3.28. The molecule has 0 spiro atoms. The maximum Gasteiger partial charge on any atom is 0.248 e. The summed E-state index contributed by atoms with van der Waals surface area (Å²) in [6.45, 7) is 6.83. The first-order valence-corrected chi connectivity index (χ1v) is 13.7. The molecule has 7 nitrogen and oxygen atoms in total. The van der Waals surface area contributed by atoms with Crippen LogP contribution < -0.4 is 5.32 Å². The number of benzene rings is 2. The highest BCUT2D eigenvalue weighted by Gasteiger charge is 2.35. The first-order chi connectivity index (χ1) is 17.3. The molecular formula is C28H33N3O4S. The molecule has 1 saturated heterocycles. The predicted octanol–water partition coefficient (Wildman–Crippen LogP) is 4.78. The lowest BCUT2D eigenvalue weighted by molar-refractivity contribution is -0.126. The molecule has 4 rings (SSSR count). The quantitative estimate of drug-likeness (QED) is 0.474. The number of nitrogens with zero attached hydrogens (tertiary/aromatic N) is 2. The van der Waals surface area contributed by atoms with E-state index in [4.69, 9.17) is 4.52 Å². The Balaban J connectivity index is 1.37. The molecule has 1 atom stereocenters. The van der Waals surface area contributed by atoms with Gasteiger partial charge >= 0.3 is 0 Å². The molecule has 1 amide bonds. The van der Waals surface area contributed by atoms with Crippen molar-refractivity contribution in [3.8, 4) is 0 Å². The lowest BCUT2D eigenvalue weighted by Gasteiger charge is -2.30. The van der Waals surface area contributed by atoms with Crippen molar-refractivity contribution in [2.75, 3.05) is 19.6 Å². The van der Waals surface area contributed by atoms with Gasteiger partial charge in [0.05, 0.1) is 0 Å². The number of rotatable bonds is 8. The van der Waals surface area contributed by atoms with Crippen LogP contribution in [0.3, 0.4) is 0 Å². The molecule has 2 aromatic carbocycles. The molecule has 1 N–H and O–H groups in total. The topological polar surface area (TPSA) is 92.5 Å². The number of sulfonamides is 1. The molecule has 1 unspecified atom stereocenters. The smallest absolute Gasteiger partial charge is 0.248 e. The van der Waals surface area contributed by atoms with Gasteiger partial charge < -0.3 is 9.84 Å². The van der Waals surface area contributed by atoms with Crippen LogP contribution in [0.15, 0.2) is 64.0 Å². The zero-order chi connectivity index (χ0) is 25.7. The van der Waals surface area contributed by atoms with Crippen LogP contribution in [0.25, 0.3) is 12.2 Å². The summed E-state index contributed by atoms with van der Waals surface area (Å²) in [5.74, 6) is 0.197. The van der Waals surface area contributed by atoms with Gasteiger partial charge in [-0.2, -0.15) is 4.31 Å². The number of amides is 1. The summed E-state index contributed by atoms with van der Waals surface area (Å²) in [5.41, 5.74) is 3.59. The highest BCUT2D eigenvalue weighted by Crippen LogP contribution is 2.29. The van der Waals surface area contributed by atoms with Crippen molar-refractivity contribution in [3.63, 3.8) is 0 Å². The molecule has 0 radical (unpaired) electrons. The van der Waals surface area contributed by atoms with Crippen LogP contribution in [0.5, 0.6) is 0 Å². The summed E-state index contributed by atoms with van der Waals surface area (Å²) in [5, 5.41) is 6.96. The standard InChI is InChI=1S/C28H33N3O4S/c1-20-9-11-23(12-10-20)13-14-26-27(22(3)30-35-26)36(33,34)31-17-15-25(16-18-31)28(32)29-19-21(2)24-7-5-4-6-8-24/h4-14,21,25H,15-19H2,1-3H3,(H,29,32). The van der Waals surface area contributed by atoms with E-state index in [0.29, 0.717) is 25.1 Å². The number of hydrogen-bond acceptors (Lipinski definition) is 5. The average molecular weight is 508 g/mol. The summed E-state index contributed by atoms with van der Waals surface area (Å²) in [4.78, 5) is 12.8. The number of nitrogens with one attached hydrogen (secondary N) is 1. The largest absolute Gasteiger partial charge is 0.355 e. The van der Waals surface area contributed by atoms with Gasteiger partial charge in [0.25, 0.3) is 0 Å². The second kappa shape index (κ2) is 11.2. The van der Waals surface area contributed by atoms with Gasteiger partial charge in [-0.25, -0.2) is 8.42 Å². The number of aromatic nitrogens is 1. The Morgan fingerprint density at radius 1 is 1.08 bits per heavy atom. The van der Waals surface area contributed by atoms with Gasteiger partial charge in [0.15, 0.2) is 10.7 Å². The summed E-state index contributed by atoms with van der Waals surface area (Å²) >= 11 is 0. The van der Waals surface area contributed by atoms with Crippen molar-refractivity contribution in [2.24, 2.45) is 5.92 Å².